The van der Waals surface area contributed by atoms with Crippen molar-refractivity contribution in [1.29, 1.82) is 0 Å². The van der Waals surface area contributed by atoms with Gasteiger partial charge >= 0.3 is 0 Å². The molecular weight excluding hydrogens is 388 g/mol. The quantitative estimate of drug-likeness (QED) is 0.510. The molecule has 0 unspecified atom stereocenters. The third-order valence-corrected chi connectivity index (χ3v) is 5.48. The minimum atomic E-state index is -2.56. The maximum absolute atomic E-state index is 12.1. The van der Waals surface area contributed by atoms with Crippen LogP contribution >= 0.6 is 0 Å². The van der Waals surface area contributed by atoms with E-state index in [0.29, 0.717) is 0 Å². The minimum Gasteiger partial charge on any atom is -0.297 e. The summed E-state index contributed by atoms with van der Waals surface area (Å²) in [5.74, 6) is 1.08. The van der Waals surface area contributed by atoms with Gasteiger partial charge in [-0.05, 0) is 44.0 Å². The lowest BCUT2D eigenvalue weighted by Gasteiger charge is -2.29. The number of para-hydroxylation sites is 1. The van der Waals surface area contributed by atoms with Gasteiger partial charge in [-0.3, -0.25) is 9.58 Å². The van der Waals surface area contributed by atoms with Crippen molar-refractivity contribution in [1.82, 2.24) is 34.3 Å². The second-order valence-corrected chi connectivity index (χ2v) is 7.70. The van der Waals surface area contributed by atoms with Crippen LogP contribution in [0, 0.1) is 5.92 Å². The molecule has 4 heterocycles. The molecule has 0 aliphatic carbocycles. The molecule has 158 valence electrons. The van der Waals surface area contributed by atoms with Gasteiger partial charge in [-0.15, -0.1) is 0 Å². The number of benzene rings is 1. The third kappa shape index (κ3) is 4.46. The SMILES string of the molecule is CC1CCN(Cc2nn(C)c3ccccc23)CC1.FC(F)c1ccn2ncnc2n1. The average molecular weight is 413 g/mol. The zero-order valence-electron chi connectivity index (χ0n) is 17.1. The van der Waals surface area contributed by atoms with Crippen molar-refractivity contribution in [2.45, 2.75) is 32.7 Å². The standard InChI is InChI=1S/C15H21N3.C6H4F2N4/c1-12-7-9-18(10-8-12)11-14-13-5-3-4-6-15(13)17(2)16-14;7-5(8)4-1-2-12-6(11-4)9-3-10-12/h3-6,12H,7-11H2,1-2H3;1-3,5H. The molecule has 0 spiro atoms. The zero-order chi connectivity index (χ0) is 21.1. The highest BCUT2D eigenvalue weighted by Gasteiger charge is 2.18. The number of aromatic nitrogens is 6. The Bertz CT molecular complexity index is 1110. The molecule has 1 aliphatic heterocycles. The molecule has 0 atom stereocenters. The Morgan fingerprint density at radius 1 is 1.13 bits per heavy atom. The molecule has 0 N–H and O–H groups in total. The van der Waals surface area contributed by atoms with Crippen molar-refractivity contribution in [2.75, 3.05) is 13.1 Å². The Hall–Kier alpha value is -2.94. The van der Waals surface area contributed by atoms with Crippen LogP contribution in [0.4, 0.5) is 8.78 Å². The van der Waals surface area contributed by atoms with E-state index in [2.05, 4.69) is 56.3 Å². The molecule has 4 aromatic rings. The molecular formula is C21H25F2N7. The number of nitrogens with zero attached hydrogens (tertiary/aromatic N) is 7. The van der Waals surface area contributed by atoms with Gasteiger partial charge in [-0.1, -0.05) is 25.1 Å². The second kappa shape index (κ2) is 8.83. The van der Waals surface area contributed by atoms with Gasteiger partial charge in [-0.2, -0.15) is 15.2 Å². The molecule has 1 aliphatic rings. The zero-order valence-corrected chi connectivity index (χ0v) is 17.1. The van der Waals surface area contributed by atoms with Gasteiger partial charge < -0.3 is 0 Å². The molecule has 30 heavy (non-hydrogen) atoms. The predicted octanol–water partition coefficient (Wildman–Crippen LogP) is 3.87. The first-order valence-electron chi connectivity index (χ1n) is 10.1. The van der Waals surface area contributed by atoms with Crippen molar-refractivity contribution >= 4 is 16.7 Å². The van der Waals surface area contributed by atoms with Crippen LogP contribution in [0.1, 0.15) is 37.6 Å². The average Bonchev–Trinajstić information content (AvgIpc) is 3.34. The Morgan fingerprint density at radius 2 is 1.90 bits per heavy atom. The monoisotopic (exact) mass is 413 g/mol. The van der Waals surface area contributed by atoms with Crippen LogP contribution in [0.2, 0.25) is 0 Å². The minimum absolute atomic E-state index is 0.188. The summed E-state index contributed by atoms with van der Waals surface area (Å²) in [5.41, 5.74) is 2.18. The van der Waals surface area contributed by atoms with E-state index in [1.165, 1.54) is 65.6 Å². The molecule has 9 heteroatoms. The van der Waals surface area contributed by atoms with Crippen LogP contribution in [0.25, 0.3) is 16.7 Å². The highest BCUT2D eigenvalue weighted by molar-refractivity contribution is 5.81. The van der Waals surface area contributed by atoms with E-state index < -0.39 is 6.43 Å². The summed E-state index contributed by atoms with van der Waals surface area (Å²) in [6.45, 7) is 5.78. The highest BCUT2D eigenvalue weighted by Crippen LogP contribution is 2.22. The van der Waals surface area contributed by atoms with E-state index in [-0.39, 0.29) is 11.5 Å². The van der Waals surface area contributed by atoms with Gasteiger partial charge in [0, 0.05) is 25.2 Å². The van der Waals surface area contributed by atoms with E-state index >= 15 is 0 Å². The van der Waals surface area contributed by atoms with Crippen LogP contribution in [-0.2, 0) is 13.6 Å². The molecule has 0 bridgehead atoms. The number of aryl methyl sites for hydroxylation is 1. The van der Waals surface area contributed by atoms with Gasteiger partial charge in [0.2, 0.25) is 0 Å². The molecule has 3 aromatic heterocycles. The molecule has 5 rings (SSSR count). The van der Waals surface area contributed by atoms with Crippen LogP contribution in [-0.4, -0.2) is 47.4 Å². The largest absolute Gasteiger partial charge is 0.297 e. The van der Waals surface area contributed by atoms with Crippen LogP contribution < -0.4 is 0 Å². The Kier molecular flexibility index (Phi) is 5.98. The Balaban J connectivity index is 0.000000158. The van der Waals surface area contributed by atoms with Crippen molar-refractivity contribution in [2.24, 2.45) is 13.0 Å². The first kappa shape index (κ1) is 20.3. The van der Waals surface area contributed by atoms with Gasteiger partial charge in [0.05, 0.1) is 11.2 Å². The number of hydrogen-bond acceptors (Lipinski definition) is 5. The fraction of sp³-hybridized carbons (Fsp3) is 0.429. The summed E-state index contributed by atoms with van der Waals surface area (Å²) >= 11 is 0. The molecule has 0 saturated carbocycles. The lowest BCUT2D eigenvalue weighted by molar-refractivity contribution is 0.146. The summed E-state index contributed by atoms with van der Waals surface area (Å²) in [5, 5.41) is 9.70. The summed E-state index contributed by atoms with van der Waals surface area (Å²) in [6.07, 6.45) is 2.75. The van der Waals surface area contributed by atoms with Gasteiger partial charge in [-0.25, -0.2) is 18.3 Å². The maximum Gasteiger partial charge on any atom is 0.280 e. The van der Waals surface area contributed by atoms with Crippen LogP contribution in [0.5, 0.6) is 0 Å². The third-order valence-electron chi connectivity index (χ3n) is 5.48. The molecule has 0 radical (unpaired) electrons. The van der Waals surface area contributed by atoms with E-state index in [9.17, 15) is 8.78 Å². The Morgan fingerprint density at radius 3 is 2.67 bits per heavy atom. The molecule has 7 nitrogen and oxygen atoms in total. The lowest BCUT2D eigenvalue weighted by atomic mass is 9.99. The molecule has 1 saturated heterocycles. The summed E-state index contributed by atoms with van der Waals surface area (Å²) < 4.78 is 27.5. The lowest BCUT2D eigenvalue weighted by Crippen LogP contribution is -2.32. The molecule has 1 aromatic carbocycles. The smallest absolute Gasteiger partial charge is 0.280 e. The second-order valence-electron chi connectivity index (χ2n) is 7.70. The number of hydrogen-bond donors (Lipinski definition) is 0. The number of alkyl halides is 2. The topological polar surface area (TPSA) is 64.1 Å². The number of halogens is 2. The number of piperidine rings is 1. The summed E-state index contributed by atoms with van der Waals surface area (Å²) in [4.78, 5) is 9.78. The number of likely N-dealkylation sites (tertiary alicyclic amines) is 1. The van der Waals surface area contributed by atoms with Crippen molar-refractivity contribution in [3.05, 3.63) is 54.2 Å². The first-order valence-corrected chi connectivity index (χ1v) is 10.1. The molecule has 0 amide bonds. The van der Waals surface area contributed by atoms with E-state index in [1.54, 1.807) is 0 Å². The number of fused-ring (bicyclic) bond motifs is 2. The van der Waals surface area contributed by atoms with Crippen LogP contribution in [0.3, 0.4) is 0 Å². The highest BCUT2D eigenvalue weighted by atomic mass is 19.3. The van der Waals surface area contributed by atoms with E-state index in [1.807, 2.05) is 11.7 Å². The summed E-state index contributed by atoms with van der Waals surface area (Å²) in [6, 6.07) is 9.73. The van der Waals surface area contributed by atoms with E-state index in [0.717, 1.165) is 12.5 Å². The van der Waals surface area contributed by atoms with Crippen molar-refractivity contribution < 1.29 is 8.78 Å². The predicted molar refractivity (Wildman–Crippen MR) is 110 cm³/mol. The fourth-order valence-electron chi connectivity index (χ4n) is 3.69. The fourth-order valence-corrected chi connectivity index (χ4v) is 3.69. The number of rotatable bonds is 3. The normalized spacial score (nSPS) is 15.6. The van der Waals surface area contributed by atoms with E-state index in [4.69, 9.17) is 0 Å². The van der Waals surface area contributed by atoms with Gasteiger partial charge in [0.1, 0.15) is 12.0 Å². The molecule has 1 fully saturated rings. The van der Waals surface area contributed by atoms with Gasteiger partial charge in [0.15, 0.2) is 0 Å². The van der Waals surface area contributed by atoms with Crippen molar-refractivity contribution in [3.8, 4) is 0 Å². The first-order chi connectivity index (χ1) is 14.5. The van der Waals surface area contributed by atoms with Crippen LogP contribution in [0.15, 0.2) is 42.9 Å². The van der Waals surface area contributed by atoms with Gasteiger partial charge in [0.25, 0.3) is 12.2 Å². The van der Waals surface area contributed by atoms with Crippen molar-refractivity contribution in [3.63, 3.8) is 0 Å². The maximum atomic E-state index is 12.1. The summed E-state index contributed by atoms with van der Waals surface area (Å²) in [7, 11) is 2.03. The Labute approximate surface area is 173 Å².